The zero-order chi connectivity index (χ0) is 38.4. The SMILES string of the molecule is c1ccc(-c2ccccc2-c2nc(-c3cccc(-c4ccc5ccccc5c4)c3)nc(-c3ccccc3-c3c4ccccc4cc4c3ccc3ccccc34)n2)cc1. The van der Waals surface area contributed by atoms with E-state index >= 15 is 0 Å². The van der Waals surface area contributed by atoms with E-state index in [1.165, 1.54) is 48.7 Å². The average Bonchev–Trinajstić information content (AvgIpc) is 3.31. The summed E-state index contributed by atoms with van der Waals surface area (Å²) in [5.41, 5.74) is 9.48. The first kappa shape index (κ1) is 33.6. The highest BCUT2D eigenvalue weighted by Gasteiger charge is 2.20. The minimum Gasteiger partial charge on any atom is -0.208 e. The van der Waals surface area contributed by atoms with E-state index in [0.717, 1.165) is 44.5 Å². The first-order valence-electron chi connectivity index (χ1n) is 19.7. The zero-order valence-corrected chi connectivity index (χ0v) is 31.5. The van der Waals surface area contributed by atoms with E-state index < -0.39 is 0 Å². The van der Waals surface area contributed by atoms with Gasteiger partial charge in [-0.25, -0.2) is 15.0 Å². The van der Waals surface area contributed by atoms with Crippen LogP contribution in [0.4, 0.5) is 0 Å². The maximum atomic E-state index is 5.37. The van der Waals surface area contributed by atoms with Gasteiger partial charge < -0.3 is 0 Å². The summed E-state index contributed by atoms with van der Waals surface area (Å²) in [4.78, 5) is 16.0. The second kappa shape index (κ2) is 14.1. The Balaban J connectivity index is 1.16. The summed E-state index contributed by atoms with van der Waals surface area (Å²) in [7, 11) is 0. The largest absolute Gasteiger partial charge is 0.208 e. The van der Waals surface area contributed by atoms with Gasteiger partial charge in [0.25, 0.3) is 0 Å². The maximum Gasteiger partial charge on any atom is 0.164 e. The molecule has 10 aromatic carbocycles. The van der Waals surface area contributed by atoms with Crippen LogP contribution in [0, 0.1) is 0 Å². The Morgan fingerprint density at radius 1 is 0.224 bits per heavy atom. The summed E-state index contributed by atoms with van der Waals surface area (Å²) < 4.78 is 0. The molecular weight excluding hydrogens is 703 g/mol. The molecule has 0 unspecified atom stereocenters. The van der Waals surface area contributed by atoms with Crippen LogP contribution in [0.15, 0.2) is 212 Å². The van der Waals surface area contributed by atoms with E-state index in [2.05, 4.69) is 206 Å². The first-order valence-corrected chi connectivity index (χ1v) is 19.7. The van der Waals surface area contributed by atoms with Crippen molar-refractivity contribution >= 4 is 43.1 Å². The standard InChI is InChI=1S/C55H35N3/c1-2-16-37(17-3-1)44-23-10-12-27-49(44)54-56-53(43-22-14-21-40(34-43)41-30-29-36-15-4-5-19-39(36)33-41)57-55(58-54)50-28-13-11-26-47(50)52-46-25-9-7-20-42(46)35-51-45-24-8-6-18-38(45)31-32-48(51)52/h1-35H. The van der Waals surface area contributed by atoms with Crippen LogP contribution < -0.4 is 0 Å². The lowest BCUT2D eigenvalue weighted by atomic mass is 9.88. The molecule has 11 aromatic rings. The predicted octanol–water partition coefficient (Wildman–Crippen LogP) is 14.5. The van der Waals surface area contributed by atoms with Gasteiger partial charge in [0.15, 0.2) is 17.5 Å². The molecule has 0 fully saturated rings. The van der Waals surface area contributed by atoms with Crippen LogP contribution in [0.5, 0.6) is 0 Å². The van der Waals surface area contributed by atoms with Gasteiger partial charge in [0, 0.05) is 16.7 Å². The fraction of sp³-hybridized carbons (Fsp3) is 0. The molecule has 0 N–H and O–H groups in total. The van der Waals surface area contributed by atoms with Gasteiger partial charge in [0.1, 0.15) is 0 Å². The zero-order valence-electron chi connectivity index (χ0n) is 31.5. The molecule has 3 heteroatoms. The number of rotatable bonds is 6. The van der Waals surface area contributed by atoms with Crippen LogP contribution in [-0.2, 0) is 0 Å². The Bertz CT molecular complexity index is 3350. The van der Waals surface area contributed by atoms with Crippen LogP contribution in [0.2, 0.25) is 0 Å². The van der Waals surface area contributed by atoms with Gasteiger partial charge >= 0.3 is 0 Å². The van der Waals surface area contributed by atoms with E-state index in [1.807, 2.05) is 6.07 Å². The Hall–Kier alpha value is -7.75. The molecule has 3 nitrogen and oxygen atoms in total. The molecule has 1 heterocycles. The van der Waals surface area contributed by atoms with Gasteiger partial charge in [-0.2, -0.15) is 0 Å². The third-order valence-corrected chi connectivity index (χ3v) is 11.3. The molecule has 58 heavy (non-hydrogen) atoms. The van der Waals surface area contributed by atoms with E-state index in [1.54, 1.807) is 0 Å². The number of hydrogen-bond acceptors (Lipinski definition) is 3. The van der Waals surface area contributed by atoms with Crippen LogP contribution in [0.3, 0.4) is 0 Å². The van der Waals surface area contributed by atoms with Gasteiger partial charge in [-0.3, -0.25) is 0 Å². The summed E-state index contributed by atoms with van der Waals surface area (Å²) in [6, 6.07) is 75.3. The van der Waals surface area contributed by atoms with Gasteiger partial charge in [-0.05, 0) is 94.7 Å². The molecule has 0 spiro atoms. The summed E-state index contributed by atoms with van der Waals surface area (Å²) in [6.07, 6.45) is 0. The molecule has 0 aliphatic heterocycles. The van der Waals surface area contributed by atoms with Crippen molar-refractivity contribution < 1.29 is 0 Å². The quantitative estimate of drug-likeness (QED) is 0.126. The molecule has 0 radical (unpaired) electrons. The van der Waals surface area contributed by atoms with Crippen LogP contribution in [-0.4, -0.2) is 15.0 Å². The average molecular weight is 738 g/mol. The molecule has 1 aromatic heterocycles. The van der Waals surface area contributed by atoms with Crippen LogP contribution >= 0.6 is 0 Å². The Kier molecular flexibility index (Phi) is 8.15. The molecule has 0 aliphatic carbocycles. The summed E-state index contributed by atoms with van der Waals surface area (Å²) in [5, 5.41) is 9.67. The summed E-state index contributed by atoms with van der Waals surface area (Å²) in [6.45, 7) is 0. The minimum atomic E-state index is 0.620. The lowest BCUT2D eigenvalue weighted by Gasteiger charge is -2.17. The van der Waals surface area contributed by atoms with Crippen LogP contribution in [0.1, 0.15) is 0 Å². The predicted molar refractivity (Wildman–Crippen MR) is 242 cm³/mol. The molecule has 0 saturated heterocycles. The number of benzene rings is 10. The van der Waals surface area contributed by atoms with E-state index in [9.17, 15) is 0 Å². The molecule has 0 aliphatic rings. The van der Waals surface area contributed by atoms with Crippen LogP contribution in [0.25, 0.3) is 111 Å². The van der Waals surface area contributed by atoms with Crippen molar-refractivity contribution in [2.24, 2.45) is 0 Å². The fourth-order valence-corrected chi connectivity index (χ4v) is 8.51. The molecule has 0 bridgehead atoms. The maximum absolute atomic E-state index is 5.37. The second-order valence-electron chi connectivity index (χ2n) is 14.8. The Morgan fingerprint density at radius 2 is 0.759 bits per heavy atom. The topological polar surface area (TPSA) is 38.7 Å². The van der Waals surface area contributed by atoms with Crippen molar-refractivity contribution in [3.8, 4) is 67.5 Å². The van der Waals surface area contributed by atoms with E-state index in [-0.39, 0.29) is 0 Å². The highest BCUT2D eigenvalue weighted by atomic mass is 15.0. The van der Waals surface area contributed by atoms with Crippen molar-refractivity contribution in [1.82, 2.24) is 15.0 Å². The normalized spacial score (nSPS) is 11.4. The van der Waals surface area contributed by atoms with Gasteiger partial charge in [-0.1, -0.05) is 194 Å². The van der Waals surface area contributed by atoms with E-state index in [4.69, 9.17) is 15.0 Å². The number of nitrogens with zero attached hydrogens (tertiary/aromatic N) is 3. The third kappa shape index (κ3) is 5.89. The first-order chi connectivity index (χ1) is 28.7. The molecule has 0 saturated carbocycles. The molecule has 0 amide bonds. The van der Waals surface area contributed by atoms with E-state index in [0.29, 0.717) is 17.5 Å². The third-order valence-electron chi connectivity index (χ3n) is 11.3. The number of hydrogen-bond donors (Lipinski definition) is 0. The van der Waals surface area contributed by atoms with Crippen molar-refractivity contribution in [1.29, 1.82) is 0 Å². The highest BCUT2D eigenvalue weighted by Crippen LogP contribution is 2.43. The molecule has 0 atom stereocenters. The molecule has 11 rings (SSSR count). The van der Waals surface area contributed by atoms with Crippen molar-refractivity contribution in [3.05, 3.63) is 212 Å². The summed E-state index contributed by atoms with van der Waals surface area (Å²) in [5.74, 6) is 1.87. The van der Waals surface area contributed by atoms with Crippen molar-refractivity contribution in [2.45, 2.75) is 0 Å². The lowest BCUT2D eigenvalue weighted by molar-refractivity contribution is 1.07. The highest BCUT2D eigenvalue weighted by molar-refractivity contribution is 6.21. The monoisotopic (exact) mass is 737 g/mol. The molecule has 270 valence electrons. The lowest BCUT2D eigenvalue weighted by Crippen LogP contribution is -2.02. The second-order valence-corrected chi connectivity index (χ2v) is 14.8. The Morgan fingerprint density at radius 3 is 1.55 bits per heavy atom. The number of aromatic nitrogens is 3. The minimum absolute atomic E-state index is 0.620. The fourth-order valence-electron chi connectivity index (χ4n) is 8.51. The summed E-state index contributed by atoms with van der Waals surface area (Å²) >= 11 is 0. The van der Waals surface area contributed by atoms with Gasteiger partial charge in [-0.15, -0.1) is 0 Å². The van der Waals surface area contributed by atoms with Crippen molar-refractivity contribution in [3.63, 3.8) is 0 Å². The van der Waals surface area contributed by atoms with Gasteiger partial charge in [0.05, 0.1) is 0 Å². The Labute approximate surface area is 336 Å². The van der Waals surface area contributed by atoms with Gasteiger partial charge in [0.2, 0.25) is 0 Å². The smallest absolute Gasteiger partial charge is 0.164 e. The molecular formula is C55H35N3. The van der Waals surface area contributed by atoms with Crippen molar-refractivity contribution in [2.75, 3.05) is 0 Å². The number of fused-ring (bicyclic) bond motifs is 5.